The number of unbranched alkanes of at least 4 members (excludes halogenated alkanes) is 2. The van der Waals surface area contributed by atoms with Gasteiger partial charge in [-0.25, -0.2) is 0 Å². The van der Waals surface area contributed by atoms with Crippen molar-refractivity contribution in [3.05, 3.63) is 35.4 Å². The van der Waals surface area contributed by atoms with E-state index < -0.39 is 0 Å². The summed E-state index contributed by atoms with van der Waals surface area (Å²) in [5.74, 6) is -0.706. The van der Waals surface area contributed by atoms with Crippen molar-refractivity contribution in [3.8, 4) is 0 Å². The molecular weight excluding hydrogens is 268 g/mol. The van der Waals surface area contributed by atoms with Crippen molar-refractivity contribution < 1.29 is 19.1 Å². The quantitative estimate of drug-likeness (QED) is 0.516. The third-order valence-electron chi connectivity index (χ3n) is 3.19. The minimum absolute atomic E-state index is 0.0679. The van der Waals surface area contributed by atoms with Crippen LogP contribution in [0.1, 0.15) is 50.2 Å². The first-order chi connectivity index (χ1) is 10.1. The second kappa shape index (κ2) is 9.97. The Kier molecular flexibility index (Phi) is 8.17. The lowest BCUT2D eigenvalue weighted by molar-refractivity contribution is -0.151. The summed E-state index contributed by atoms with van der Waals surface area (Å²) in [4.78, 5) is 23.0. The van der Waals surface area contributed by atoms with E-state index >= 15 is 0 Å². The summed E-state index contributed by atoms with van der Waals surface area (Å²) >= 11 is 0. The molecule has 1 aromatic carbocycles. The highest BCUT2D eigenvalue weighted by molar-refractivity contribution is 5.77. The van der Waals surface area contributed by atoms with Gasteiger partial charge in [-0.2, -0.15) is 0 Å². The predicted octanol–water partition coefficient (Wildman–Crippen LogP) is 3.55. The van der Waals surface area contributed by atoms with E-state index in [1.54, 1.807) is 0 Å². The Bertz CT molecular complexity index is 454. The van der Waals surface area contributed by atoms with Gasteiger partial charge in [0.1, 0.15) is 6.61 Å². The Morgan fingerprint density at radius 2 is 1.67 bits per heavy atom. The van der Waals surface area contributed by atoms with Gasteiger partial charge in [-0.15, -0.1) is 0 Å². The van der Waals surface area contributed by atoms with Gasteiger partial charge in [-0.1, -0.05) is 44.0 Å². The number of benzene rings is 1. The molecule has 0 aliphatic carbocycles. The molecule has 1 rings (SSSR count). The first-order valence-electron chi connectivity index (χ1n) is 7.49. The van der Waals surface area contributed by atoms with Gasteiger partial charge in [0.15, 0.2) is 0 Å². The maximum atomic E-state index is 11.6. The number of hydrogen-bond donors (Lipinski definition) is 0. The van der Waals surface area contributed by atoms with Crippen LogP contribution in [0.5, 0.6) is 0 Å². The van der Waals surface area contributed by atoms with Crippen LogP contribution in [-0.2, 0) is 25.7 Å². The zero-order chi connectivity index (χ0) is 15.5. The fraction of sp³-hybridized carbons (Fsp3) is 0.529. The molecule has 21 heavy (non-hydrogen) atoms. The molecule has 116 valence electrons. The number of rotatable bonds is 9. The molecule has 0 spiro atoms. The van der Waals surface area contributed by atoms with E-state index in [2.05, 4.69) is 6.92 Å². The summed E-state index contributed by atoms with van der Waals surface area (Å²) in [5.41, 5.74) is 2.06. The van der Waals surface area contributed by atoms with Crippen LogP contribution < -0.4 is 0 Å². The van der Waals surface area contributed by atoms with Crippen molar-refractivity contribution in [2.45, 2.75) is 52.6 Å². The zero-order valence-electron chi connectivity index (χ0n) is 12.9. The molecule has 0 N–H and O–H groups in total. The smallest absolute Gasteiger partial charge is 0.306 e. The first-order valence-corrected chi connectivity index (χ1v) is 7.49. The lowest BCUT2D eigenvalue weighted by Crippen LogP contribution is -2.11. The van der Waals surface area contributed by atoms with Crippen LogP contribution >= 0.6 is 0 Å². The summed E-state index contributed by atoms with van der Waals surface area (Å²) in [6.07, 6.45) is 3.16. The highest BCUT2D eigenvalue weighted by atomic mass is 16.5. The van der Waals surface area contributed by atoms with Crippen LogP contribution in [0.25, 0.3) is 0 Å². The molecule has 0 aliphatic heterocycles. The van der Waals surface area contributed by atoms with E-state index in [9.17, 15) is 9.59 Å². The molecule has 0 amide bonds. The molecule has 1 aromatic rings. The second-order valence-electron chi connectivity index (χ2n) is 5.01. The van der Waals surface area contributed by atoms with Crippen LogP contribution in [-0.4, -0.2) is 18.5 Å². The molecule has 0 saturated carbocycles. The minimum Gasteiger partial charge on any atom is -0.466 e. The van der Waals surface area contributed by atoms with Gasteiger partial charge in [0.2, 0.25) is 0 Å². The molecule has 0 radical (unpaired) electrons. The molecule has 0 fully saturated rings. The number of hydrogen-bond acceptors (Lipinski definition) is 4. The largest absolute Gasteiger partial charge is 0.466 e. The van der Waals surface area contributed by atoms with Crippen molar-refractivity contribution >= 4 is 11.9 Å². The van der Waals surface area contributed by atoms with Gasteiger partial charge in [0.25, 0.3) is 0 Å². The number of carbonyl (C=O) groups excluding carboxylic acids is 2. The minimum atomic E-state index is -0.372. The molecule has 0 atom stereocenters. The molecule has 0 saturated heterocycles. The van der Waals surface area contributed by atoms with Gasteiger partial charge < -0.3 is 9.47 Å². The molecule has 4 heteroatoms. The van der Waals surface area contributed by atoms with E-state index in [4.69, 9.17) is 9.47 Å². The summed E-state index contributed by atoms with van der Waals surface area (Å²) in [7, 11) is 0. The zero-order valence-corrected chi connectivity index (χ0v) is 12.9. The summed E-state index contributed by atoms with van der Waals surface area (Å²) in [6.45, 7) is 4.74. The molecule has 0 aromatic heterocycles. The lowest BCUT2D eigenvalue weighted by atomic mass is 10.1. The average molecular weight is 292 g/mol. The Labute approximate surface area is 126 Å². The van der Waals surface area contributed by atoms with Crippen LogP contribution in [0.3, 0.4) is 0 Å². The van der Waals surface area contributed by atoms with Crippen LogP contribution in [0.2, 0.25) is 0 Å². The van der Waals surface area contributed by atoms with Crippen LogP contribution in [0.4, 0.5) is 0 Å². The van der Waals surface area contributed by atoms with E-state index in [0.717, 1.165) is 30.4 Å². The first kappa shape index (κ1) is 17.2. The second-order valence-corrected chi connectivity index (χ2v) is 5.01. The van der Waals surface area contributed by atoms with E-state index in [0.29, 0.717) is 6.61 Å². The Hall–Kier alpha value is -1.84. The van der Waals surface area contributed by atoms with Crippen molar-refractivity contribution in [3.63, 3.8) is 0 Å². The van der Waals surface area contributed by atoms with Crippen LogP contribution in [0, 0.1) is 6.92 Å². The number of esters is 2. The SMILES string of the molecule is CCCCCOC(=O)CCC(=O)OCc1ccccc1C. The topological polar surface area (TPSA) is 52.6 Å². The maximum Gasteiger partial charge on any atom is 0.306 e. The van der Waals surface area contributed by atoms with Gasteiger partial charge >= 0.3 is 11.9 Å². The number of carbonyl (C=O) groups is 2. The predicted molar refractivity (Wildman–Crippen MR) is 80.7 cm³/mol. The third kappa shape index (κ3) is 7.49. The highest BCUT2D eigenvalue weighted by Crippen LogP contribution is 2.09. The molecule has 0 aliphatic rings. The van der Waals surface area contributed by atoms with Gasteiger partial charge in [-0.05, 0) is 24.5 Å². The van der Waals surface area contributed by atoms with E-state index in [-0.39, 0.29) is 31.4 Å². The molecule has 0 unspecified atom stereocenters. The van der Waals surface area contributed by atoms with Crippen molar-refractivity contribution in [2.24, 2.45) is 0 Å². The lowest BCUT2D eigenvalue weighted by Gasteiger charge is -2.07. The summed E-state index contributed by atoms with van der Waals surface area (Å²) in [5, 5.41) is 0. The summed E-state index contributed by atoms with van der Waals surface area (Å²) < 4.78 is 10.2. The number of ether oxygens (including phenoxy) is 2. The Morgan fingerprint density at radius 3 is 2.33 bits per heavy atom. The van der Waals surface area contributed by atoms with Gasteiger partial charge in [0, 0.05) is 0 Å². The van der Waals surface area contributed by atoms with E-state index in [1.807, 2.05) is 31.2 Å². The van der Waals surface area contributed by atoms with Gasteiger partial charge in [-0.3, -0.25) is 9.59 Å². The molecular formula is C17H24O4. The van der Waals surface area contributed by atoms with Crippen molar-refractivity contribution in [1.82, 2.24) is 0 Å². The van der Waals surface area contributed by atoms with Crippen molar-refractivity contribution in [1.29, 1.82) is 0 Å². The summed E-state index contributed by atoms with van der Waals surface area (Å²) in [6, 6.07) is 7.74. The Morgan fingerprint density at radius 1 is 1.00 bits per heavy atom. The average Bonchev–Trinajstić information content (AvgIpc) is 2.48. The molecule has 0 bridgehead atoms. The van der Waals surface area contributed by atoms with Crippen molar-refractivity contribution in [2.75, 3.05) is 6.61 Å². The van der Waals surface area contributed by atoms with E-state index in [1.165, 1.54) is 0 Å². The molecule has 0 heterocycles. The highest BCUT2D eigenvalue weighted by Gasteiger charge is 2.09. The van der Waals surface area contributed by atoms with Gasteiger partial charge in [0.05, 0.1) is 19.4 Å². The monoisotopic (exact) mass is 292 g/mol. The standard InChI is InChI=1S/C17H24O4/c1-3-4-7-12-20-16(18)10-11-17(19)21-13-15-9-6-5-8-14(15)2/h5-6,8-9H,3-4,7,10-13H2,1-2H3. The fourth-order valence-electron chi connectivity index (χ4n) is 1.82. The van der Waals surface area contributed by atoms with Crippen LogP contribution in [0.15, 0.2) is 24.3 Å². The maximum absolute atomic E-state index is 11.6. The third-order valence-corrected chi connectivity index (χ3v) is 3.19. The normalized spacial score (nSPS) is 10.2. The molecule has 4 nitrogen and oxygen atoms in total. The Balaban J connectivity index is 2.16. The fourth-order valence-corrected chi connectivity index (χ4v) is 1.82. The number of aryl methyl sites for hydroxylation is 1.